The van der Waals surface area contributed by atoms with E-state index < -0.39 is 0 Å². The third-order valence-corrected chi connectivity index (χ3v) is 8.73. The summed E-state index contributed by atoms with van der Waals surface area (Å²) in [7, 11) is 2.16. The molecule has 0 saturated carbocycles. The van der Waals surface area contributed by atoms with Crippen molar-refractivity contribution in [2.75, 3.05) is 56.5 Å². The molecule has 10 nitrogen and oxygen atoms in total. The molecule has 4 aromatic rings. The van der Waals surface area contributed by atoms with Gasteiger partial charge in [-0.25, -0.2) is 4.98 Å². The van der Waals surface area contributed by atoms with Crippen LogP contribution in [0.1, 0.15) is 43.4 Å². The van der Waals surface area contributed by atoms with E-state index in [2.05, 4.69) is 52.3 Å². The Labute approximate surface area is 246 Å². The summed E-state index contributed by atoms with van der Waals surface area (Å²) in [6.07, 6.45) is 7.02. The van der Waals surface area contributed by atoms with E-state index in [4.69, 9.17) is 9.40 Å². The fourth-order valence-corrected chi connectivity index (χ4v) is 6.36. The molecule has 5 heterocycles. The number of pyridine rings is 1. The second-order valence-electron chi connectivity index (χ2n) is 11.5. The van der Waals surface area contributed by atoms with Gasteiger partial charge in [-0.1, -0.05) is 6.92 Å². The van der Waals surface area contributed by atoms with Gasteiger partial charge in [-0.15, -0.1) is 0 Å². The molecule has 1 amide bonds. The number of amides is 1. The minimum Gasteiger partial charge on any atom is -0.472 e. The minimum atomic E-state index is -0.191. The Morgan fingerprint density at radius 3 is 2.64 bits per heavy atom. The fourth-order valence-electron chi connectivity index (χ4n) is 6.36. The first-order valence-electron chi connectivity index (χ1n) is 14.9. The molecule has 2 aliphatic rings. The van der Waals surface area contributed by atoms with Crippen molar-refractivity contribution in [2.45, 2.75) is 46.1 Å². The molecule has 2 fully saturated rings. The number of benzene rings is 1. The Kier molecular flexibility index (Phi) is 7.72. The number of likely N-dealkylation sites (tertiary alicyclic amines) is 1. The van der Waals surface area contributed by atoms with Gasteiger partial charge < -0.3 is 24.4 Å². The summed E-state index contributed by atoms with van der Waals surface area (Å²) in [6.45, 7) is 11.3. The molecule has 1 unspecified atom stereocenters. The number of aromatic nitrogens is 3. The van der Waals surface area contributed by atoms with E-state index in [0.717, 1.165) is 61.2 Å². The standard InChI is InChI=1S/C32H39N7O3/c1-5-28(40)38-11-6-7-25(19-38)39-30-26(22(3)29(31(39)41)23-10-16-42-20-23)18-33-32(35-30)34-24-8-9-27(21(2)17-24)37-14-12-36(4)13-15-37/h8-10,16-18,20,25H,5-7,11-15,19H2,1-4H3,(H,33,34,35). The molecule has 0 spiro atoms. The number of hydrogen-bond donors (Lipinski definition) is 1. The number of fused-ring (bicyclic) bond motifs is 1. The Balaban J connectivity index is 1.39. The Morgan fingerprint density at radius 1 is 1.12 bits per heavy atom. The van der Waals surface area contributed by atoms with Crippen LogP contribution in [0.15, 0.2) is 52.2 Å². The van der Waals surface area contributed by atoms with Crippen molar-refractivity contribution in [3.05, 3.63) is 64.5 Å². The number of carbonyl (C=O) groups is 1. The maximum absolute atomic E-state index is 14.2. The summed E-state index contributed by atoms with van der Waals surface area (Å²) in [5.41, 5.74) is 5.88. The zero-order valence-electron chi connectivity index (χ0n) is 24.9. The molecule has 6 rings (SSSR count). The summed E-state index contributed by atoms with van der Waals surface area (Å²) in [6, 6.07) is 7.95. The van der Waals surface area contributed by atoms with Crippen LogP contribution >= 0.6 is 0 Å². The maximum Gasteiger partial charge on any atom is 0.260 e. The third kappa shape index (κ3) is 5.27. The fraction of sp³-hybridized carbons (Fsp3) is 0.438. The predicted octanol–water partition coefficient (Wildman–Crippen LogP) is 4.74. The average molecular weight is 570 g/mol. The van der Waals surface area contributed by atoms with Gasteiger partial charge in [0, 0.05) is 74.2 Å². The highest BCUT2D eigenvalue weighted by molar-refractivity contribution is 5.87. The van der Waals surface area contributed by atoms with Crippen LogP contribution in [0.3, 0.4) is 0 Å². The number of nitrogens with one attached hydrogen (secondary N) is 1. The smallest absolute Gasteiger partial charge is 0.260 e. The molecule has 3 aromatic heterocycles. The van der Waals surface area contributed by atoms with Gasteiger partial charge in [0.1, 0.15) is 5.65 Å². The highest BCUT2D eigenvalue weighted by Gasteiger charge is 2.29. The molecule has 0 radical (unpaired) electrons. The quantitative estimate of drug-likeness (QED) is 0.356. The van der Waals surface area contributed by atoms with Crippen LogP contribution in [0.25, 0.3) is 22.2 Å². The molecule has 220 valence electrons. The molecular formula is C32H39N7O3. The predicted molar refractivity (Wildman–Crippen MR) is 166 cm³/mol. The van der Waals surface area contributed by atoms with Crippen molar-refractivity contribution in [2.24, 2.45) is 0 Å². The van der Waals surface area contributed by atoms with Crippen LogP contribution < -0.4 is 15.8 Å². The summed E-state index contributed by atoms with van der Waals surface area (Å²) in [5.74, 6) is 0.529. The molecule has 1 atom stereocenters. The van der Waals surface area contributed by atoms with Crippen LogP contribution in [-0.4, -0.2) is 76.6 Å². The van der Waals surface area contributed by atoms with Gasteiger partial charge >= 0.3 is 0 Å². The zero-order chi connectivity index (χ0) is 29.4. The van der Waals surface area contributed by atoms with E-state index >= 15 is 0 Å². The lowest BCUT2D eigenvalue weighted by molar-refractivity contribution is -0.132. The number of furan rings is 1. The number of aryl methyl sites for hydroxylation is 2. The third-order valence-electron chi connectivity index (χ3n) is 8.73. The first-order valence-corrected chi connectivity index (χ1v) is 14.9. The maximum atomic E-state index is 14.2. The van der Waals surface area contributed by atoms with Gasteiger partial charge in [0.25, 0.3) is 5.56 Å². The summed E-state index contributed by atoms with van der Waals surface area (Å²) in [4.78, 5) is 43.1. The number of carbonyl (C=O) groups excluding carboxylic acids is 1. The van der Waals surface area contributed by atoms with E-state index in [0.29, 0.717) is 36.7 Å². The van der Waals surface area contributed by atoms with Crippen LogP contribution in [-0.2, 0) is 4.79 Å². The largest absolute Gasteiger partial charge is 0.472 e. The normalized spacial score (nSPS) is 18.0. The first-order chi connectivity index (χ1) is 20.3. The number of hydrogen-bond acceptors (Lipinski definition) is 8. The second kappa shape index (κ2) is 11.6. The molecule has 0 aliphatic carbocycles. The van der Waals surface area contributed by atoms with Gasteiger partial charge in [-0.3, -0.25) is 14.2 Å². The molecule has 10 heteroatoms. The average Bonchev–Trinajstić information content (AvgIpc) is 3.52. The first kappa shape index (κ1) is 28.0. The van der Waals surface area contributed by atoms with Crippen molar-refractivity contribution in [1.82, 2.24) is 24.3 Å². The van der Waals surface area contributed by atoms with E-state index in [1.54, 1.807) is 29.4 Å². The van der Waals surface area contributed by atoms with Crippen LogP contribution in [0, 0.1) is 13.8 Å². The molecular weight excluding hydrogens is 530 g/mol. The topological polar surface area (TPSA) is 99.7 Å². The number of piperazine rings is 1. The van der Waals surface area contributed by atoms with Crippen LogP contribution in [0.2, 0.25) is 0 Å². The van der Waals surface area contributed by atoms with E-state index in [-0.39, 0.29) is 17.5 Å². The lowest BCUT2D eigenvalue weighted by Crippen LogP contribution is -2.44. The van der Waals surface area contributed by atoms with Gasteiger partial charge in [0.15, 0.2) is 0 Å². The van der Waals surface area contributed by atoms with Crippen molar-refractivity contribution in [3.63, 3.8) is 0 Å². The van der Waals surface area contributed by atoms with Gasteiger partial charge in [-0.05, 0) is 69.1 Å². The second-order valence-corrected chi connectivity index (χ2v) is 11.5. The highest BCUT2D eigenvalue weighted by Crippen LogP contribution is 2.32. The number of nitrogens with zero attached hydrogens (tertiary/aromatic N) is 6. The van der Waals surface area contributed by atoms with Crippen molar-refractivity contribution < 1.29 is 9.21 Å². The molecule has 0 bridgehead atoms. The van der Waals surface area contributed by atoms with Crippen molar-refractivity contribution >= 4 is 34.3 Å². The lowest BCUT2D eigenvalue weighted by atomic mass is 9.99. The summed E-state index contributed by atoms with van der Waals surface area (Å²) < 4.78 is 7.12. The zero-order valence-corrected chi connectivity index (χ0v) is 24.9. The van der Waals surface area contributed by atoms with E-state index in [1.165, 1.54) is 11.3 Å². The number of likely N-dealkylation sites (N-methyl/N-ethyl adjacent to an activating group) is 1. The van der Waals surface area contributed by atoms with Crippen molar-refractivity contribution in [3.8, 4) is 11.1 Å². The van der Waals surface area contributed by atoms with Crippen LogP contribution in [0.5, 0.6) is 0 Å². The van der Waals surface area contributed by atoms with Gasteiger partial charge in [0.05, 0.1) is 24.1 Å². The summed E-state index contributed by atoms with van der Waals surface area (Å²) >= 11 is 0. The Bertz CT molecular complexity index is 1660. The van der Waals surface area contributed by atoms with Crippen LogP contribution in [0.4, 0.5) is 17.3 Å². The van der Waals surface area contributed by atoms with E-state index in [9.17, 15) is 9.59 Å². The number of rotatable bonds is 6. The lowest BCUT2D eigenvalue weighted by Gasteiger charge is -2.35. The summed E-state index contributed by atoms with van der Waals surface area (Å²) in [5, 5.41) is 4.18. The SMILES string of the molecule is CCC(=O)N1CCCC(n2c(=O)c(-c3ccoc3)c(C)c3cnc(Nc4ccc(N5CCN(C)CC5)c(C)c4)nc32)C1. The van der Waals surface area contributed by atoms with Gasteiger partial charge in [-0.2, -0.15) is 4.98 Å². The molecule has 2 saturated heterocycles. The van der Waals surface area contributed by atoms with Gasteiger partial charge in [0.2, 0.25) is 11.9 Å². The van der Waals surface area contributed by atoms with E-state index in [1.807, 2.05) is 18.7 Å². The van der Waals surface area contributed by atoms with Crippen molar-refractivity contribution in [1.29, 1.82) is 0 Å². The number of anilines is 3. The Morgan fingerprint density at radius 2 is 1.93 bits per heavy atom. The Hall–Kier alpha value is -4.18. The minimum absolute atomic E-state index is 0.103. The molecule has 1 aromatic carbocycles. The molecule has 42 heavy (non-hydrogen) atoms. The highest BCUT2D eigenvalue weighted by atomic mass is 16.3. The monoisotopic (exact) mass is 569 g/mol. The number of piperidine rings is 1. The molecule has 2 aliphatic heterocycles. The molecule has 1 N–H and O–H groups in total.